The van der Waals surface area contributed by atoms with Crippen molar-refractivity contribution in [1.29, 1.82) is 0 Å². The van der Waals surface area contributed by atoms with Gasteiger partial charge < -0.3 is 15.2 Å². The van der Waals surface area contributed by atoms with E-state index in [1.165, 1.54) is 19.2 Å². The number of benzene rings is 2. The van der Waals surface area contributed by atoms with E-state index in [1.807, 2.05) is 0 Å². The first-order valence-corrected chi connectivity index (χ1v) is 9.20. The first-order chi connectivity index (χ1) is 13.5. The predicted octanol–water partition coefficient (Wildman–Crippen LogP) is 4.12. The Bertz CT molecular complexity index is 1130. The van der Waals surface area contributed by atoms with Crippen LogP contribution < -0.4 is 5.32 Å². The maximum atomic E-state index is 13.2. The molecule has 0 radical (unpaired) electrons. The van der Waals surface area contributed by atoms with Crippen molar-refractivity contribution < 1.29 is 19.4 Å². The van der Waals surface area contributed by atoms with Crippen LogP contribution in [0.1, 0.15) is 38.4 Å². The molecule has 0 bridgehead atoms. The Morgan fingerprint density at radius 3 is 2.82 bits per heavy atom. The first-order valence-electron chi connectivity index (χ1n) is 8.82. The average Bonchev–Trinajstić information content (AvgIpc) is 3.15. The molecule has 142 valence electrons. The molecule has 3 aromatic rings. The molecule has 2 N–H and O–H groups in total. The third kappa shape index (κ3) is 3.05. The Morgan fingerprint density at radius 1 is 1.21 bits per heavy atom. The van der Waals surface area contributed by atoms with Crippen LogP contribution in [-0.4, -0.2) is 29.1 Å². The summed E-state index contributed by atoms with van der Waals surface area (Å²) in [5.74, 6) is -1.41. The number of rotatable bonds is 3. The number of carbonyl (C=O) groups is 2. The molecule has 1 aromatic heterocycles. The number of ether oxygens (including phenoxy) is 1. The highest BCUT2D eigenvalue weighted by Crippen LogP contribution is 2.33. The van der Waals surface area contributed by atoms with Gasteiger partial charge in [-0.15, -0.1) is 0 Å². The monoisotopic (exact) mass is 396 g/mol. The number of pyridine rings is 1. The molecule has 1 amide bonds. The van der Waals surface area contributed by atoms with Gasteiger partial charge in [-0.25, -0.2) is 4.79 Å². The Hall–Kier alpha value is -3.12. The molecule has 0 spiro atoms. The van der Waals surface area contributed by atoms with E-state index >= 15 is 0 Å². The van der Waals surface area contributed by atoms with Gasteiger partial charge in [0.25, 0.3) is 5.91 Å². The largest absolute Gasteiger partial charge is 0.505 e. The van der Waals surface area contributed by atoms with E-state index in [4.69, 9.17) is 11.6 Å². The fourth-order valence-corrected chi connectivity index (χ4v) is 3.77. The molecule has 1 aliphatic rings. The second-order valence-electron chi connectivity index (χ2n) is 6.57. The van der Waals surface area contributed by atoms with Crippen molar-refractivity contribution in [2.45, 2.75) is 19.3 Å². The molecule has 0 atom stereocenters. The lowest BCUT2D eigenvalue weighted by Crippen LogP contribution is -2.16. The highest BCUT2D eigenvalue weighted by molar-refractivity contribution is 6.31. The number of aromatic nitrogens is 1. The Balaban J connectivity index is 1.81. The normalized spacial score (nSPS) is 12.6. The number of phenolic OH excluding ortho intramolecular Hbond substituents is 1. The summed E-state index contributed by atoms with van der Waals surface area (Å²) in [7, 11) is 1.23. The number of fused-ring (bicyclic) bond motifs is 2. The highest BCUT2D eigenvalue weighted by Gasteiger charge is 2.25. The van der Waals surface area contributed by atoms with E-state index in [0.717, 1.165) is 30.5 Å². The van der Waals surface area contributed by atoms with Gasteiger partial charge in [0.15, 0.2) is 5.75 Å². The number of methoxy groups -OCH3 is 1. The number of amides is 1. The van der Waals surface area contributed by atoms with Gasteiger partial charge in [0.1, 0.15) is 5.56 Å². The van der Waals surface area contributed by atoms with Crippen molar-refractivity contribution in [3.63, 3.8) is 0 Å². The third-order valence-electron chi connectivity index (χ3n) is 4.89. The number of hydrogen-bond acceptors (Lipinski definition) is 5. The molecule has 0 fully saturated rings. The summed E-state index contributed by atoms with van der Waals surface area (Å²) in [6.07, 6.45) is 2.49. The summed E-state index contributed by atoms with van der Waals surface area (Å²) in [5, 5.41) is 14.3. The van der Waals surface area contributed by atoms with E-state index < -0.39 is 5.97 Å². The summed E-state index contributed by atoms with van der Waals surface area (Å²) in [5.41, 5.74) is 3.12. The van der Waals surface area contributed by atoms with Gasteiger partial charge in [-0.1, -0.05) is 17.7 Å². The molecule has 0 unspecified atom stereocenters. The number of nitrogens with one attached hydrogen (secondary N) is 1. The third-order valence-corrected chi connectivity index (χ3v) is 5.13. The molecule has 6 nitrogen and oxygen atoms in total. The van der Waals surface area contributed by atoms with E-state index in [2.05, 4.69) is 15.0 Å². The lowest BCUT2D eigenvalue weighted by atomic mass is 10.00. The molecule has 28 heavy (non-hydrogen) atoms. The standard InChI is InChI=1S/C21H17ClN2O4/c1-28-21(27)13-5-3-7-17(19(13)25)24-20(26)18-12-4-2-6-15(12)23-16-9-8-11(22)10-14(16)18/h3,5,7-10,25H,2,4,6H2,1H3,(H,24,26). The van der Waals surface area contributed by atoms with Crippen LogP contribution in [0.15, 0.2) is 36.4 Å². The van der Waals surface area contributed by atoms with Crippen molar-refractivity contribution in [1.82, 2.24) is 4.98 Å². The molecule has 7 heteroatoms. The molecular weight excluding hydrogens is 380 g/mol. The van der Waals surface area contributed by atoms with Crippen molar-refractivity contribution >= 4 is 40.1 Å². The number of aromatic hydroxyl groups is 1. The van der Waals surface area contributed by atoms with E-state index in [-0.39, 0.29) is 22.9 Å². The maximum Gasteiger partial charge on any atom is 0.341 e. The van der Waals surface area contributed by atoms with Gasteiger partial charge in [0.05, 0.1) is 23.9 Å². The molecule has 1 aliphatic carbocycles. The second-order valence-corrected chi connectivity index (χ2v) is 7.01. The highest BCUT2D eigenvalue weighted by atomic mass is 35.5. The van der Waals surface area contributed by atoms with E-state index in [9.17, 15) is 14.7 Å². The van der Waals surface area contributed by atoms with Crippen LogP contribution in [0.3, 0.4) is 0 Å². The summed E-state index contributed by atoms with van der Waals surface area (Å²) < 4.78 is 4.66. The SMILES string of the molecule is COC(=O)c1cccc(NC(=O)c2c3c(nc4ccc(Cl)cc24)CCC3)c1O. The van der Waals surface area contributed by atoms with Gasteiger partial charge in [-0.05, 0) is 55.2 Å². The summed E-state index contributed by atoms with van der Waals surface area (Å²) in [6.45, 7) is 0. The summed E-state index contributed by atoms with van der Waals surface area (Å²) in [4.78, 5) is 29.6. The lowest BCUT2D eigenvalue weighted by Gasteiger charge is -2.14. The number of para-hydroxylation sites is 1. The number of hydrogen-bond donors (Lipinski definition) is 2. The number of anilines is 1. The van der Waals surface area contributed by atoms with E-state index in [1.54, 1.807) is 24.3 Å². The molecule has 4 rings (SSSR count). The van der Waals surface area contributed by atoms with Crippen LogP contribution in [0.2, 0.25) is 5.02 Å². The van der Waals surface area contributed by atoms with Crippen LogP contribution in [-0.2, 0) is 17.6 Å². The number of carbonyl (C=O) groups excluding carboxylic acids is 2. The van der Waals surface area contributed by atoms with Crippen LogP contribution >= 0.6 is 11.6 Å². The topological polar surface area (TPSA) is 88.5 Å². The number of nitrogens with zero attached hydrogens (tertiary/aromatic N) is 1. The Morgan fingerprint density at radius 2 is 2.04 bits per heavy atom. The van der Waals surface area contributed by atoms with Crippen molar-refractivity contribution in [3.8, 4) is 5.75 Å². The summed E-state index contributed by atoms with van der Waals surface area (Å²) >= 11 is 6.15. The smallest absolute Gasteiger partial charge is 0.341 e. The van der Waals surface area contributed by atoms with E-state index in [0.29, 0.717) is 21.5 Å². The summed E-state index contributed by atoms with van der Waals surface area (Å²) in [6, 6.07) is 9.77. The number of aryl methyl sites for hydroxylation is 1. The first kappa shape index (κ1) is 18.3. The van der Waals surface area contributed by atoms with Crippen LogP contribution in [0.5, 0.6) is 5.75 Å². The van der Waals surface area contributed by atoms with Crippen molar-refractivity contribution in [3.05, 3.63) is 63.8 Å². The second kappa shape index (κ2) is 7.13. The van der Waals surface area contributed by atoms with Crippen LogP contribution in [0.25, 0.3) is 10.9 Å². The number of esters is 1. The van der Waals surface area contributed by atoms with Crippen LogP contribution in [0.4, 0.5) is 5.69 Å². The van der Waals surface area contributed by atoms with Gasteiger partial charge in [-0.2, -0.15) is 0 Å². The molecule has 0 saturated carbocycles. The fraction of sp³-hybridized carbons (Fsp3) is 0.190. The minimum Gasteiger partial charge on any atom is -0.505 e. The molecular formula is C21H17ClN2O4. The Kier molecular flexibility index (Phi) is 4.65. The lowest BCUT2D eigenvalue weighted by molar-refractivity contribution is 0.0597. The molecule has 1 heterocycles. The zero-order valence-electron chi connectivity index (χ0n) is 15.1. The zero-order valence-corrected chi connectivity index (χ0v) is 15.8. The van der Waals surface area contributed by atoms with Gasteiger partial charge in [-0.3, -0.25) is 9.78 Å². The molecule has 0 aliphatic heterocycles. The fourth-order valence-electron chi connectivity index (χ4n) is 3.60. The minimum atomic E-state index is -0.685. The van der Waals surface area contributed by atoms with Gasteiger partial charge in [0.2, 0.25) is 0 Å². The maximum absolute atomic E-state index is 13.2. The molecule has 2 aromatic carbocycles. The van der Waals surface area contributed by atoms with Gasteiger partial charge in [0, 0.05) is 16.1 Å². The predicted molar refractivity (Wildman–Crippen MR) is 106 cm³/mol. The Labute approximate surface area is 166 Å². The van der Waals surface area contributed by atoms with Gasteiger partial charge >= 0.3 is 5.97 Å². The molecule has 0 saturated heterocycles. The average molecular weight is 397 g/mol. The number of phenols is 1. The van der Waals surface area contributed by atoms with Crippen molar-refractivity contribution in [2.75, 3.05) is 12.4 Å². The van der Waals surface area contributed by atoms with Crippen molar-refractivity contribution in [2.24, 2.45) is 0 Å². The number of halogens is 1. The quantitative estimate of drug-likeness (QED) is 0.513. The zero-order chi connectivity index (χ0) is 19.8. The minimum absolute atomic E-state index is 0.0202. The van der Waals surface area contributed by atoms with Crippen LogP contribution in [0, 0.1) is 0 Å².